The van der Waals surface area contributed by atoms with Crippen LogP contribution >= 0.6 is 23.1 Å². The van der Waals surface area contributed by atoms with Crippen LogP contribution < -0.4 is 10.7 Å². The summed E-state index contributed by atoms with van der Waals surface area (Å²) in [6.45, 7) is 3.97. The lowest BCUT2D eigenvalue weighted by atomic mass is 10.2. The lowest BCUT2D eigenvalue weighted by Gasteiger charge is -2.10. The maximum absolute atomic E-state index is 12.7. The minimum absolute atomic E-state index is 0.0971. The number of fused-ring (bicyclic) bond motifs is 3. The van der Waals surface area contributed by atoms with E-state index in [0.717, 1.165) is 36.6 Å². The zero-order valence-electron chi connectivity index (χ0n) is 11.3. The molecule has 2 heterocycles. The van der Waals surface area contributed by atoms with Crippen molar-refractivity contribution in [1.82, 2.24) is 9.55 Å². The average molecular weight is 321 g/mol. The van der Waals surface area contributed by atoms with Crippen LogP contribution in [0.5, 0.6) is 0 Å². The predicted molar refractivity (Wildman–Crippen MR) is 81.8 cm³/mol. The summed E-state index contributed by atoms with van der Waals surface area (Å²) in [5.41, 5.74) is 1.03. The van der Waals surface area contributed by atoms with E-state index < -0.39 is 5.97 Å². The van der Waals surface area contributed by atoms with E-state index >= 15 is 0 Å². The van der Waals surface area contributed by atoms with Gasteiger partial charge in [-0.3, -0.25) is 9.36 Å². The molecule has 0 spiro atoms. The number of carboxylic acids is 1. The van der Waals surface area contributed by atoms with Crippen LogP contribution in [0.1, 0.15) is 16.9 Å². The molecule has 2 aromatic rings. The van der Waals surface area contributed by atoms with Crippen molar-refractivity contribution >= 4 is 39.3 Å². The van der Waals surface area contributed by atoms with Gasteiger partial charge in [-0.15, -0.1) is 17.9 Å². The fourth-order valence-corrected chi connectivity index (χ4v) is 4.61. The second-order valence-electron chi connectivity index (χ2n) is 4.80. The van der Waals surface area contributed by atoms with Crippen molar-refractivity contribution < 1.29 is 9.90 Å². The van der Waals surface area contributed by atoms with Crippen molar-refractivity contribution in [3.8, 4) is 0 Å². The van der Waals surface area contributed by atoms with Crippen molar-refractivity contribution in [3.63, 3.8) is 0 Å². The summed E-state index contributed by atoms with van der Waals surface area (Å²) in [4.78, 5) is 29.8. The van der Waals surface area contributed by atoms with E-state index in [1.165, 1.54) is 9.44 Å². The molecule has 0 aromatic carbocycles. The molecule has 1 aliphatic carbocycles. The van der Waals surface area contributed by atoms with Gasteiger partial charge in [-0.1, -0.05) is 17.8 Å². The van der Waals surface area contributed by atoms with Crippen molar-refractivity contribution in [3.05, 3.63) is 33.4 Å². The first-order valence-corrected chi connectivity index (χ1v) is 8.40. The van der Waals surface area contributed by atoms with Crippen LogP contribution in [0.15, 0.2) is 22.6 Å². The first-order valence-electron chi connectivity index (χ1n) is 6.60. The number of hydrogen-bond acceptors (Lipinski definition) is 6. The van der Waals surface area contributed by atoms with Crippen LogP contribution in [0, 0.1) is 0 Å². The molecule has 2 aromatic heterocycles. The number of hydrogen-bond donors (Lipinski definition) is 0. The van der Waals surface area contributed by atoms with Gasteiger partial charge in [0.15, 0.2) is 5.16 Å². The molecule has 0 atom stereocenters. The van der Waals surface area contributed by atoms with Crippen molar-refractivity contribution in [1.29, 1.82) is 0 Å². The van der Waals surface area contributed by atoms with Gasteiger partial charge in [0.25, 0.3) is 5.56 Å². The van der Waals surface area contributed by atoms with Crippen molar-refractivity contribution in [2.45, 2.75) is 31.0 Å². The first-order chi connectivity index (χ1) is 10.1. The van der Waals surface area contributed by atoms with Crippen LogP contribution in [-0.2, 0) is 24.2 Å². The van der Waals surface area contributed by atoms with Crippen LogP contribution in [0.2, 0.25) is 0 Å². The molecule has 0 saturated heterocycles. The fourth-order valence-electron chi connectivity index (χ4n) is 2.58. The number of aryl methyl sites for hydroxylation is 2. The number of carboxylic acid groups (broad SMARTS) is 1. The second kappa shape index (κ2) is 5.65. The highest BCUT2D eigenvalue weighted by molar-refractivity contribution is 7.99. The topological polar surface area (TPSA) is 75.0 Å². The number of carbonyl (C=O) groups excluding carboxylic acids is 1. The largest absolute Gasteiger partial charge is 0.549 e. The number of allylic oxidation sites excluding steroid dienone is 1. The molecule has 21 heavy (non-hydrogen) atoms. The third kappa shape index (κ3) is 2.51. The van der Waals surface area contributed by atoms with E-state index in [9.17, 15) is 14.7 Å². The van der Waals surface area contributed by atoms with Gasteiger partial charge in [0.1, 0.15) is 4.83 Å². The Kier molecular flexibility index (Phi) is 3.86. The molecular formula is C14H13N2O3S2-. The van der Waals surface area contributed by atoms with E-state index in [4.69, 9.17) is 0 Å². The first kappa shape index (κ1) is 14.3. The number of aromatic nitrogens is 2. The van der Waals surface area contributed by atoms with Gasteiger partial charge >= 0.3 is 0 Å². The van der Waals surface area contributed by atoms with Crippen LogP contribution in [-0.4, -0.2) is 21.3 Å². The number of aliphatic carboxylic acids is 1. The summed E-state index contributed by atoms with van der Waals surface area (Å²) in [6.07, 6.45) is 4.62. The minimum atomic E-state index is -1.17. The van der Waals surface area contributed by atoms with Crippen LogP contribution in [0.3, 0.4) is 0 Å². The monoisotopic (exact) mass is 321 g/mol. The van der Waals surface area contributed by atoms with Gasteiger partial charge in [0, 0.05) is 17.2 Å². The summed E-state index contributed by atoms with van der Waals surface area (Å²) in [7, 11) is 0. The number of thiophene rings is 1. The molecule has 7 heteroatoms. The van der Waals surface area contributed by atoms with E-state index in [0.29, 0.717) is 21.9 Å². The molecule has 0 N–H and O–H groups in total. The van der Waals surface area contributed by atoms with Gasteiger partial charge in [-0.2, -0.15) is 0 Å². The highest BCUT2D eigenvalue weighted by Crippen LogP contribution is 2.35. The van der Waals surface area contributed by atoms with Gasteiger partial charge in [-0.25, -0.2) is 4.98 Å². The Bertz CT molecular complexity index is 792. The Morgan fingerprint density at radius 2 is 2.33 bits per heavy atom. The molecule has 5 nitrogen and oxygen atoms in total. The third-order valence-corrected chi connectivity index (χ3v) is 5.56. The van der Waals surface area contributed by atoms with Crippen LogP contribution in [0.4, 0.5) is 0 Å². The van der Waals surface area contributed by atoms with E-state index in [1.54, 1.807) is 17.4 Å². The molecule has 3 rings (SSSR count). The molecule has 0 fully saturated rings. The molecule has 1 aliphatic rings. The quantitative estimate of drug-likeness (QED) is 0.466. The fraction of sp³-hybridized carbons (Fsp3) is 0.357. The van der Waals surface area contributed by atoms with E-state index in [-0.39, 0.29) is 11.3 Å². The summed E-state index contributed by atoms with van der Waals surface area (Å²) in [5.74, 6) is -1.40. The number of rotatable bonds is 5. The molecular weight excluding hydrogens is 308 g/mol. The Hall–Kier alpha value is -1.60. The highest BCUT2D eigenvalue weighted by Gasteiger charge is 2.22. The summed E-state index contributed by atoms with van der Waals surface area (Å²) >= 11 is 2.56. The lowest BCUT2D eigenvalue weighted by molar-refractivity contribution is -0.301. The number of nitrogens with zero attached hydrogens (tertiary/aromatic N) is 2. The molecule has 0 amide bonds. The number of thioether (sulfide) groups is 1. The van der Waals surface area contributed by atoms with Gasteiger partial charge in [0.2, 0.25) is 0 Å². The zero-order chi connectivity index (χ0) is 15.0. The van der Waals surface area contributed by atoms with Gasteiger partial charge in [0.05, 0.1) is 11.4 Å². The summed E-state index contributed by atoms with van der Waals surface area (Å²) in [5, 5.41) is 11.8. The Balaban J connectivity index is 2.18. The molecule has 110 valence electrons. The minimum Gasteiger partial charge on any atom is -0.549 e. The van der Waals surface area contributed by atoms with E-state index in [2.05, 4.69) is 11.6 Å². The number of carbonyl (C=O) groups is 1. The maximum Gasteiger partial charge on any atom is 0.263 e. The highest BCUT2D eigenvalue weighted by atomic mass is 32.2. The predicted octanol–water partition coefficient (Wildman–Crippen LogP) is 0.975. The zero-order valence-corrected chi connectivity index (χ0v) is 12.9. The van der Waals surface area contributed by atoms with Crippen molar-refractivity contribution in [2.24, 2.45) is 0 Å². The third-order valence-electron chi connectivity index (χ3n) is 3.42. The van der Waals surface area contributed by atoms with Crippen molar-refractivity contribution in [2.75, 3.05) is 5.75 Å². The molecule has 0 bridgehead atoms. The summed E-state index contributed by atoms with van der Waals surface area (Å²) < 4.78 is 1.49. The second-order valence-corrected chi connectivity index (χ2v) is 6.82. The Morgan fingerprint density at radius 1 is 1.52 bits per heavy atom. The van der Waals surface area contributed by atoms with Gasteiger partial charge < -0.3 is 9.90 Å². The smallest absolute Gasteiger partial charge is 0.263 e. The SMILES string of the molecule is C=CCn1c(SCC(=O)[O-])nc2sc3c(c2c1=O)CCC3. The standard InChI is InChI=1S/C14H14N2O3S2/c1-2-6-16-13(19)11-8-4-3-5-9(8)21-12(11)15-14(16)20-7-10(17)18/h2H,1,3-7H2,(H,17,18)/p-1. The summed E-state index contributed by atoms with van der Waals surface area (Å²) in [6, 6.07) is 0. The lowest BCUT2D eigenvalue weighted by Crippen LogP contribution is -2.26. The maximum atomic E-state index is 12.7. The Labute approximate surface area is 129 Å². The molecule has 0 aliphatic heterocycles. The normalized spacial score (nSPS) is 13.5. The van der Waals surface area contributed by atoms with Gasteiger partial charge in [-0.05, 0) is 24.8 Å². The Morgan fingerprint density at radius 3 is 3.05 bits per heavy atom. The molecule has 0 unspecified atom stereocenters. The average Bonchev–Trinajstić information content (AvgIpc) is 2.99. The van der Waals surface area contributed by atoms with E-state index in [1.807, 2.05) is 0 Å². The van der Waals surface area contributed by atoms with Crippen LogP contribution in [0.25, 0.3) is 10.2 Å². The molecule has 0 radical (unpaired) electrons. The molecule has 0 saturated carbocycles.